The molecule has 0 aromatic rings. The van der Waals surface area contributed by atoms with Gasteiger partial charge in [-0.05, 0) is 57.8 Å². The van der Waals surface area contributed by atoms with E-state index in [1.165, 1.54) is 6.42 Å². The van der Waals surface area contributed by atoms with Crippen molar-refractivity contribution in [1.82, 2.24) is 0 Å². The van der Waals surface area contributed by atoms with Crippen molar-refractivity contribution in [3.63, 3.8) is 0 Å². The summed E-state index contributed by atoms with van der Waals surface area (Å²) in [7, 11) is 0. The van der Waals surface area contributed by atoms with Crippen LogP contribution in [0.2, 0.25) is 0 Å². The molecule has 4 atom stereocenters. The molecule has 130 valence electrons. The first-order valence-electron chi connectivity index (χ1n) is 8.78. The van der Waals surface area contributed by atoms with E-state index in [1.807, 2.05) is 27.7 Å². The van der Waals surface area contributed by atoms with Crippen LogP contribution in [0.4, 0.5) is 0 Å². The fourth-order valence-corrected chi connectivity index (χ4v) is 2.96. The van der Waals surface area contributed by atoms with E-state index in [9.17, 15) is 4.79 Å². The molecule has 0 spiro atoms. The molecule has 3 heteroatoms. The van der Waals surface area contributed by atoms with Gasteiger partial charge in [0.25, 0.3) is 0 Å². The van der Waals surface area contributed by atoms with Gasteiger partial charge in [0, 0.05) is 0 Å². The first-order valence-corrected chi connectivity index (χ1v) is 8.78. The molecule has 1 aliphatic rings. The summed E-state index contributed by atoms with van der Waals surface area (Å²) in [4.78, 5) is 12.2. The minimum atomic E-state index is -0.413. The molecular weight excluding hydrogens is 276 g/mol. The van der Waals surface area contributed by atoms with Gasteiger partial charge < -0.3 is 9.47 Å². The summed E-state index contributed by atoms with van der Waals surface area (Å²) >= 11 is 0. The summed E-state index contributed by atoms with van der Waals surface area (Å²) in [5.74, 6) is 0.0968. The molecule has 0 aromatic heterocycles. The Labute approximate surface area is 137 Å². The topological polar surface area (TPSA) is 35.5 Å². The monoisotopic (exact) mass is 312 g/mol. The number of hydrogen-bond acceptors (Lipinski definition) is 3. The van der Waals surface area contributed by atoms with Gasteiger partial charge in [-0.3, -0.25) is 4.79 Å². The molecule has 22 heavy (non-hydrogen) atoms. The third kappa shape index (κ3) is 6.28. The second kappa shape index (κ2) is 7.33. The number of ether oxygens (including phenoxy) is 2. The summed E-state index contributed by atoms with van der Waals surface area (Å²) in [6.07, 6.45) is 5.02. The van der Waals surface area contributed by atoms with E-state index in [-0.39, 0.29) is 29.3 Å². The van der Waals surface area contributed by atoms with Crippen molar-refractivity contribution in [2.24, 2.45) is 17.3 Å². The number of carbonyl (C=O) groups excluding carboxylic acids is 1. The molecule has 0 amide bonds. The molecule has 4 unspecified atom stereocenters. The Bertz CT molecular complexity index is 362. The maximum atomic E-state index is 12.2. The van der Waals surface area contributed by atoms with Gasteiger partial charge in [0.1, 0.15) is 5.60 Å². The molecule has 0 aliphatic carbocycles. The third-order valence-corrected chi connectivity index (χ3v) is 4.58. The highest BCUT2D eigenvalue weighted by atomic mass is 16.6. The molecule has 3 nitrogen and oxygen atoms in total. The molecule has 0 saturated carbocycles. The first-order chi connectivity index (χ1) is 9.90. The van der Waals surface area contributed by atoms with Gasteiger partial charge in [-0.1, -0.05) is 34.6 Å². The van der Waals surface area contributed by atoms with E-state index in [4.69, 9.17) is 9.47 Å². The summed E-state index contributed by atoms with van der Waals surface area (Å²) < 4.78 is 11.8. The lowest BCUT2D eigenvalue weighted by molar-refractivity contribution is -0.162. The van der Waals surface area contributed by atoms with Crippen molar-refractivity contribution in [2.75, 3.05) is 0 Å². The molecule has 1 fully saturated rings. The van der Waals surface area contributed by atoms with Crippen LogP contribution in [0.1, 0.15) is 81.1 Å². The van der Waals surface area contributed by atoms with Crippen LogP contribution < -0.4 is 0 Å². The molecule has 0 N–H and O–H groups in total. The molecule has 0 bridgehead atoms. The lowest BCUT2D eigenvalue weighted by atomic mass is 9.82. The molecule has 1 aliphatic heterocycles. The van der Waals surface area contributed by atoms with Gasteiger partial charge >= 0.3 is 5.97 Å². The largest absolute Gasteiger partial charge is 0.460 e. The van der Waals surface area contributed by atoms with Crippen LogP contribution in [0.3, 0.4) is 0 Å². The van der Waals surface area contributed by atoms with Gasteiger partial charge in [0.2, 0.25) is 0 Å². The second-order valence-corrected chi connectivity index (χ2v) is 9.08. The molecule has 1 saturated heterocycles. The normalized spacial score (nSPS) is 26.4. The van der Waals surface area contributed by atoms with Gasteiger partial charge in [-0.2, -0.15) is 0 Å². The van der Waals surface area contributed by atoms with Gasteiger partial charge in [0.15, 0.2) is 0 Å². The van der Waals surface area contributed by atoms with E-state index in [0.29, 0.717) is 6.10 Å². The van der Waals surface area contributed by atoms with Crippen LogP contribution in [0, 0.1) is 17.3 Å². The zero-order valence-corrected chi connectivity index (χ0v) is 15.9. The van der Waals surface area contributed by atoms with Crippen molar-refractivity contribution >= 4 is 5.97 Å². The van der Waals surface area contributed by atoms with Crippen molar-refractivity contribution in [3.8, 4) is 0 Å². The summed E-state index contributed by atoms with van der Waals surface area (Å²) in [6, 6.07) is 0. The van der Waals surface area contributed by atoms with Crippen LogP contribution >= 0.6 is 0 Å². The number of esters is 1. The fraction of sp³-hybridized carbons (Fsp3) is 0.947. The van der Waals surface area contributed by atoms with Gasteiger partial charge in [-0.25, -0.2) is 0 Å². The molecule has 0 radical (unpaired) electrons. The van der Waals surface area contributed by atoms with Crippen molar-refractivity contribution in [1.29, 1.82) is 0 Å². The van der Waals surface area contributed by atoms with Crippen LogP contribution in [-0.4, -0.2) is 23.8 Å². The Balaban J connectivity index is 2.53. The molecular formula is C19H36O3. The van der Waals surface area contributed by atoms with E-state index in [0.717, 1.165) is 19.3 Å². The predicted octanol–water partition coefficient (Wildman–Crippen LogP) is 4.97. The summed E-state index contributed by atoms with van der Waals surface area (Å²) in [6.45, 7) is 16.6. The van der Waals surface area contributed by atoms with Gasteiger partial charge in [0.05, 0.1) is 18.1 Å². The zero-order valence-electron chi connectivity index (χ0n) is 15.9. The first kappa shape index (κ1) is 19.5. The smallest absolute Gasteiger partial charge is 0.309 e. The van der Waals surface area contributed by atoms with Crippen LogP contribution in [0.5, 0.6) is 0 Å². The Morgan fingerprint density at radius 1 is 1.14 bits per heavy atom. The maximum Gasteiger partial charge on any atom is 0.309 e. The minimum absolute atomic E-state index is 0.0853. The lowest BCUT2D eigenvalue weighted by Gasteiger charge is -2.39. The molecule has 1 heterocycles. The summed E-state index contributed by atoms with van der Waals surface area (Å²) in [5, 5.41) is 0. The number of carbonyl (C=O) groups is 1. The summed E-state index contributed by atoms with van der Waals surface area (Å²) in [5.41, 5.74) is -0.220. The lowest BCUT2D eigenvalue weighted by Crippen LogP contribution is -2.38. The van der Waals surface area contributed by atoms with E-state index >= 15 is 0 Å². The van der Waals surface area contributed by atoms with Crippen LogP contribution in [0.15, 0.2) is 0 Å². The Kier molecular flexibility index (Phi) is 6.49. The average Bonchev–Trinajstić information content (AvgIpc) is 2.35. The van der Waals surface area contributed by atoms with E-state index in [2.05, 4.69) is 27.7 Å². The Hall–Kier alpha value is -0.570. The fourth-order valence-electron chi connectivity index (χ4n) is 2.96. The predicted molar refractivity (Wildman–Crippen MR) is 90.8 cm³/mol. The average molecular weight is 312 g/mol. The molecule has 0 aromatic carbocycles. The highest BCUT2D eigenvalue weighted by molar-refractivity contribution is 5.72. The number of rotatable bonds is 4. The van der Waals surface area contributed by atoms with E-state index in [1.54, 1.807) is 0 Å². The van der Waals surface area contributed by atoms with Crippen LogP contribution in [-0.2, 0) is 14.3 Å². The third-order valence-electron chi connectivity index (χ3n) is 4.58. The Morgan fingerprint density at radius 3 is 2.23 bits per heavy atom. The SMILES string of the molecule is CC(CC1CCCC(C(C)(C)C)O1)C(C)C(=O)OC(C)(C)C. The number of hydrogen-bond donors (Lipinski definition) is 0. The highest BCUT2D eigenvalue weighted by Gasteiger charge is 2.34. The van der Waals surface area contributed by atoms with E-state index < -0.39 is 5.60 Å². The maximum absolute atomic E-state index is 12.2. The van der Waals surface area contributed by atoms with Crippen LogP contribution in [0.25, 0.3) is 0 Å². The van der Waals surface area contributed by atoms with Crippen molar-refractivity contribution < 1.29 is 14.3 Å². The quantitative estimate of drug-likeness (QED) is 0.687. The Morgan fingerprint density at radius 2 is 1.73 bits per heavy atom. The minimum Gasteiger partial charge on any atom is -0.460 e. The zero-order chi connectivity index (χ0) is 17.1. The highest BCUT2D eigenvalue weighted by Crippen LogP contribution is 2.35. The second-order valence-electron chi connectivity index (χ2n) is 9.08. The van der Waals surface area contributed by atoms with Crippen molar-refractivity contribution in [3.05, 3.63) is 0 Å². The standard InChI is InChI=1S/C19H36O3/c1-13(14(2)17(20)22-19(6,7)8)12-15-10-9-11-16(21-15)18(3,4)5/h13-16H,9-12H2,1-8H3. The molecule has 1 rings (SSSR count). The van der Waals surface area contributed by atoms with Gasteiger partial charge in [-0.15, -0.1) is 0 Å². The van der Waals surface area contributed by atoms with Crippen molar-refractivity contribution in [2.45, 2.75) is 98.9 Å².